The van der Waals surface area contributed by atoms with Crippen LogP contribution in [0, 0.1) is 5.92 Å². The van der Waals surface area contributed by atoms with Crippen LogP contribution in [0.1, 0.15) is 30.9 Å². The summed E-state index contributed by atoms with van der Waals surface area (Å²) >= 11 is 5.54. The maximum Gasteiger partial charge on any atom is 0.224 e. The Kier molecular flexibility index (Phi) is 4.79. The lowest BCUT2D eigenvalue weighted by atomic mass is 9.98. The first kappa shape index (κ1) is 13.6. The normalized spacial score (nSPS) is 17.9. The highest BCUT2D eigenvalue weighted by atomic mass is 35.5. The Hall–Kier alpha value is -0.860. The number of hydrogen-bond donors (Lipinski definition) is 0. The molecule has 0 aromatic heterocycles. The van der Waals surface area contributed by atoms with Crippen LogP contribution in [-0.4, -0.2) is 23.2 Å². The molecule has 0 bridgehead atoms. The highest BCUT2D eigenvalue weighted by Crippen LogP contribution is 2.21. The van der Waals surface area contributed by atoms with E-state index in [4.69, 9.17) is 11.6 Å². The first-order chi connectivity index (χ1) is 8.69. The molecule has 1 fully saturated rings. The van der Waals surface area contributed by atoms with Crippen LogP contribution < -0.4 is 0 Å². The van der Waals surface area contributed by atoms with E-state index in [0.29, 0.717) is 0 Å². The molecule has 1 aromatic carbocycles. The summed E-state index contributed by atoms with van der Waals surface area (Å²) in [4.78, 5) is 13.5. The summed E-state index contributed by atoms with van der Waals surface area (Å²) in [5.41, 5.74) is 2.73. The van der Waals surface area contributed by atoms with Crippen LogP contribution in [0.4, 0.5) is 0 Å². The van der Waals surface area contributed by atoms with Gasteiger partial charge in [-0.3, -0.25) is 9.69 Å². The van der Waals surface area contributed by atoms with Gasteiger partial charge in [0, 0.05) is 12.5 Å². The van der Waals surface area contributed by atoms with Crippen molar-refractivity contribution in [1.82, 2.24) is 4.90 Å². The minimum absolute atomic E-state index is 0.0744. The summed E-state index contributed by atoms with van der Waals surface area (Å²) in [7, 11) is 0. The average molecular weight is 266 g/mol. The smallest absolute Gasteiger partial charge is 0.224 e. The Balaban J connectivity index is 1.85. The highest BCUT2D eigenvalue weighted by Gasteiger charge is 2.23. The second-order valence-electron chi connectivity index (χ2n) is 5.02. The van der Waals surface area contributed by atoms with Gasteiger partial charge in [-0.15, -0.1) is 0 Å². The summed E-state index contributed by atoms with van der Waals surface area (Å²) in [6.07, 6.45) is 2.88. The topological polar surface area (TPSA) is 20.3 Å². The number of likely N-dealkylation sites (tertiary alicyclic amines) is 1. The average Bonchev–Trinajstić information content (AvgIpc) is 2.40. The molecule has 98 valence electrons. The molecular formula is C15H20ClNO. The van der Waals surface area contributed by atoms with Crippen LogP contribution in [0.3, 0.4) is 0 Å². The predicted molar refractivity (Wildman–Crippen MR) is 74.7 cm³/mol. The molecule has 1 heterocycles. The quantitative estimate of drug-likeness (QED) is 0.779. The van der Waals surface area contributed by atoms with Crippen LogP contribution in [-0.2, 0) is 17.8 Å². The SMILES string of the molecule is CCc1ccc(CN2CCC(C(=O)Cl)CC2)cc1. The van der Waals surface area contributed by atoms with Crippen molar-refractivity contribution in [3.63, 3.8) is 0 Å². The van der Waals surface area contributed by atoms with Gasteiger partial charge in [-0.05, 0) is 55.1 Å². The largest absolute Gasteiger partial charge is 0.299 e. The van der Waals surface area contributed by atoms with Crippen LogP contribution in [0.2, 0.25) is 0 Å². The third kappa shape index (κ3) is 3.56. The molecule has 18 heavy (non-hydrogen) atoms. The van der Waals surface area contributed by atoms with Gasteiger partial charge in [-0.1, -0.05) is 31.2 Å². The fraction of sp³-hybridized carbons (Fsp3) is 0.533. The van der Waals surface area contributed by atoms with Crippen molar-refractivity contribution in [2.75, 3.05) is 13.1 Å². The Morgan fingerprint density at radius 2 is 1.78 bits per heavy atom. The maximum absolute atomic E-state index is 11.1. The second kappa shape index (κ2) is 6.35. The number of halogens is 1. The van der Waals surface area contributed by atoms with E-state index < -0.39 is 0 Å². The van der Waals surface area contributed by atoms with Crippen molar-refractivity contribution in [2.24, 2.45) is 5.92 Å². The summed E-state index contributed by atoms with van der Waals surface area (Å²) in [6.45, 7) is 5.09. The van der Waals surface area contributed by atoms with Crippen molar-refractivity contribution < 1.29 is 4.79 Å². The van der Waals surface area contributed by atoms with Gasteiger partial charge in [0.05, 0.1) is 0 Å². The third-order valence-electron chi connectivity index (χ3n) is 3.75. The zero-order valence-corrected chi connectivity index (χ0v) is 11.6. The highest BCUT2D eigenvalue weighted by molar-refractivity contribution is 6.63. The minimum Gasteiger partial charge on any atom is -0.299 e. The van der Waals surface area contributed by atoms with E-state index in [1.54, 1.807) is 0 Å². The number of rotatable bonds is 4. The van der Waals surface area contributed by atoms with Crippen molar-refractivity contribution in [3.8, 4) is 0 Å². The monoisotopic (exact) mass is 265 g/mol. The van der Waals surface area contributed by atoms with E-state index >= 15 is 0 Å². The molecule has 0 aliphatic carbocycles. The second-order valence-corrected chi connectivity index (χ2v) is 5.40. The Labute approximate surface area is 114 Å². The molecule has 3 heteroatoms. The lowest BCUT2D eigenvalue weighted by Crippen LogP contribution is -2.34. The molecule has 1 aromatic rings. The van der Waals surface area contributed by atoms with E-state index in [1.165, 1.54) is 11.1 Å². The number of nitrogens with zero attached hydrogens (tertiary/aromatic N) is 1. The molecular weight excluding hydrogens is 246 g/mol. The van der Waals surface area contributed by atoms with Gasteiger partial charge in [0.25, 0.3) is 0 Å². The molecule has 0 amide bonds. The number of hydrogen-bond acceptors (Lipinski definition) is 2. The summed E-state index contributed by atoms with van der Waals surface area (Å²) < 4.78 is 0. The van der Waals surface area contributed by atoms with Gasteiger partial charge >= 0.3 is 0 Å². The van der Waals surface area contributed by atoms with Crippen molar-refractivity contribution in [3.05, 3.63) is 35.4 Å². The third-order valence-corrected chi connectivity index (χ3v) is 4.05. The Morgan fingerprint density at radius 1 is 1.22 bits per heavy atom. The molecule has 0 N–H and O–H groups in total. The van der Waals surface area contributed by atoms with Gasteiger partial charge in [0.1, 0.15) is 0 Å². The van der Waals surface area contributed by atoms with Crippen LogP contribution in [0.5, 0.6) is 0 Å². The summed E-state index contributed by atoms with van der Waals surface area (Å²) in [5, 5.41) is -0.165. The van der Waals surface area contributed by atoms with Crippen molar-refractivity contribution in [1.29, 1.82) is 0 Å². The fourth-order valence-electron chi connectivity index (χ4n) is 2.46. The molecule has 1 saturated heterocycles. The lowest BCUT2D eigenvalue weighted by molar-refractivity contribution is -0.116. The Bertz CT molecular complexity index is 393. The molecule has 1 aliphatic rings. The first-order valence-corrected chi connectivity index (χ1v) is 7.06. The molecule has 0 spiro atoms. The first-order valence-electron chi connectivity index (χ1n) is 6.68. The zero-order valence-electron chi connectivity index (χ0n) is 10.9. The van der Waals surface area contributed by atoms with Crippen molar-refractivity contribution in [2.45, 2.75) is 32.7 Å². The number of carbonyl (C=O) groups excluding carboxylic acids is 1. The van der Waals surface area contributed by atoms with E-state index in [1.807, 2.05) is 0 Å². The number of piperidine rings is 1. The van der Waals surface area contributed by atoms with Gasteiger partial charge in [-0.25, -0.2) is 0 Å². The number of carbonyl (C=O) groups is 1. The standard InChI is InChI=1S/C15H20ClNO/c1-2-12-3-5-13(6-4-12)11-17-9-7-14(8-10-17)15(16)18/h3-6,14H,2,7-11H2,1H3. The number of aryl methyl sites for hydroxylation is 1. The van der Waals surface area contributed by atoms with Crippen molar-refractivity contribution >= 4 is 16.8 Å². The molecule has 1 aliphatic heterocycles. The van der Waals surface area contributed by atoms with E-state index in [-0.39, 0.29) is 11.2 Å². The van der Waals surface area contributed by atoms with E-state index in [9.17, 15) is 4.79 Å². The molecule has 2 rings (SSSR count). The van der Waals surface area contributed by atoms with E-state index in [0.717, 1.165) is 38.9 Å². The predicted octanol–water partition coefficient (Wildman–Crippen LogP) is 3.23. The van der Waals surface area contributed by atoms with E-state index in [2.05, 4.69) is 36.1 Å². The molecule has 0 atom stereocenters. The molecule has 0 saturated carbocycles. The zero-order chi connectivity index (χ0) is 13.0. The molecule has 0 radical (unpaired) electrons. The van der Waals surface area contributed by atoms with Gasteiger partial charge in [0.2, 0.25) is 5.24 Å². The van der Waals surface area contributed by atoms with Crippen LogP contribution in [0.15, 0.2) is 24.3 Å². The van der Waals surface area contributed by atoms with Gasteiger partial charge in [0.15, 0.2) is 0 Å². The minimum atomic E-state index is -0.165. The fourth-order valence-corrected chi connectivity index (χ4v) is 2.67. The molecule has 2 nitrogen and oxygen atoms in total. The summed E-state index contributed by atoms with van der Waals surface area (Å²) in [6, 6.07) is 8.81. The van der Waals surface area contributed by atoms with Gasteiger partial charge < -0.3 is 0 Å². The summed E-state index contributed by atoms with van der Waals surface area (Å²) in [5.74, 6) is 0.0744. The molecule has 0 unspecified atom stereocenters. The van der Waals surface area contributed by atoms with Crippen LogP contribution in [0.25, 0.3) is 0 Å². The Morgan fingerprint density at radius 3 is 2.28 bits per heavy atom. The number of benzene rings is 1. The maximum atomic E-state index is 11.1. The van der Waals surface area contributed by atoms with Gasteiger partial charge in [-0.2, -0.15) is 0 Å². The van der Waals surface area contributed by atoms with Crippen LogP contribution >= 0.6 is 11.6 Å². The lowest BCUT2D eigenvalue weighted by Gasteiger charge is -2.30.